The summed E-state index contributed by atoms with van der Waals surface area (Å²) >= 11 is 0. The van der Waals surface area contributed by atoms with Crippen LogP contribution in [0.4, 0.5) is 5.69 Å². The van der Waals surface area contributed by atoms with Crippen LogP contribution in [0.5, 0.6) is 11.5 Å². The Kier molecular flexibility index (Phi) is 6.09. The number of benzene rings is 1. The standard InChI is InChI=1S/C19H20N2O3.CH4O3S/c1-23-16-5-4-14(18(22)21-13-6-10-20-11-7-13)17-15(16)12-19(24-17)8-2-3-9-19;1-5(2,3)4/h4-7,10-11H,2-3,8-9,12H2,1H3,(H,20,21,22);1H3,(H,2,3,4). The minimum absolute atomic E-state index is 0.150. The smallest absolute Gasteiger partial charge is 0.261 e. The average Bonchev–Trinajstić information content (AvgIpc) is 3.26. The summed E-state index contributed by atoms with van der Waals surface area (Å²) in [6.45, 7) is 0. The van der Waals surface area contributed by atoms with Crippen LogP contribution in [0.25, 0.3) is 0 Å². The topological polar surface area (TPSA) is 115 Å². The van der Waals surface area contributed by atoms with Crippen LogP contribution in [0, 0.1) is 0 Å². The highest BCUT2D eigenvalue weighted by Crippen LogP contribution is 2.49. The minimum atomic E-state index is -3.67. The fraction of sp³-hybridized carbons (Fsp3) is 0.400. The number of hydrogen-bond donors (Lipinski definition) is 2. The molecule has 1 amide bonds. The molecule has 1 aliphatic carbocycles. The van der Waals surface area contributed by atoms with Gasteiger partial charge < -0.3 is 14.8 Å². The van der Waals surface area contributed by atoms with E-state index in [1.807, 2.05) is 6.07 Å². The van der Waals surface area contributed by atoms with Gasteiger partial charge in [-0.05, 0) is 49.9 Å². The first-order chi connectivity index (χ1) is 13.7. The van der Waals surface area contributed by atoms with Gasteiger partial charge in [-0.1, -0.05) is 0 Å². The zero-order valence-electron chi connectivity index (χ0n) is 16.3. The Bertz CT molecular complexity index is 978. The summed E-state index contributed by atoms with van der Waals surface area (Å²) in [5.41, 5.74) is 2.14. The first kappa shape index (κ1) is 21.1. The maximum Gasteiger partial charge on any atom is 0.261 e. The predicted molar refractivity (Wildman–Crippen MR) is 108 cm³/mol. The molecule has 0 unspecified atom stereocenters. The van der Waals surface area contributed by atoms with Crippen LogP contribution in [0.1, 0.15) is 41.6 Å². The highest BCUT2D eigenvalue weighted by atomic mass is 32.2. The number of rotatable bonds is 3. The van der Waals surface area contributed by atoms with Gasteiger partial charge in [0.05, 0.1) is 18.9 Å². The lowest BCUT2D eigenvalue weighted by molar-refractivity contribution is 0.0952. The molecule has 0 radical (unpaired) electrons. The van der Waals surface area contributed by atoms with Crippen molar-refractivity contribution < 1.29 is 27.2 Å². The van der Waals surface area contributed by atoms with Crippen LogP contribution in [0.2, 0.25) is 0 Å². The molecule has 0 atom stereocenters. The first-order valence-corrected chi connectivity index (χ1v) is 11.1. The molecular weight excluding hydrogens is 396 g/mol. The summed E-state index contributed by atoms with van der Waals surface area (Å²) in [6, 6.07) is 7.17. The van der Waals surface area contributed by atoms with Crippen LogP contribution in [0.15, 0.2) is 36.7 Å². The fourth-order valence-corrected chi connectivity index (χ4v) is 3.77. The minimum Gasteiger partial charge on any atom is -0.496 e. The summed E-state index contributed by atoms with van der Waals surface area (Å²) in [7, 11) is -2.01. The maximum absolute atomic E-state index is 12.7. The van der Waals surface area contributed by atoms with Gasteiger partial charge in [0.1, 0.15) is 17.1 Å². The number of aromatic nitrogens is 1. The Morgan fingerprint density at radius 2 is 1.83 bits per heavy atom. The zero-order valence-corrected chi connectivity index (χ0v) is 17.2. The molecule has 2 N–H and O–H groups in total. The van der Waals surface area contributed by atoms with Gasteiger partial charge in [-0.25, -0.2) is 0 Å². The summed E-state index contributed by atoms with van der Waals surface area (Å²) in [4.78, 5) is 16.7. The van der Waals surface area contributed by atoms with Crippen molar-refractivity contribution >= 4 is 21.7 Å². The number of anilines is 1. The van der Waals surface area contributed by atoms with Gasteiger partial charge in [0.15, 0.2) is 0 Å². The van der Waals surface area contributed by atoms with Gasteiger partial charge in [-0.2, -0.15) is 8.42 Å². The lowest BCUT2D eigenvalue weighted by Gasteiger charge is -2.22. The molecule has 9 heteroatoms. The van der Waals surface area contributed by atoms with E-state index in [1.165, 1.54) is 12.8 Å². The second kappa shape index (κ2) is 8.38. The third kappa shape index (κ3) is 5.24. The van der Waals surface area contributed by atoms with E-state index in [1.54, 1.807) is 37.7 Å². The molecule has 1 spiro atoms. The third-order valence-corrected chi connectivity index (χ3v) is 4.95. The number of carbonyl (C=O) groups excluding carboxylic acids is 1. The van der Waals surface area contributed by atoms with Crippen LogP contribution in [-0.2, 0) is 16.5 Å². The highest BCUT2D eigenvalue weighted by Gasteiger charge is 2.44. The van der Waals surface area contributed by atoms with E-state index >= 15 is 0 Å². The maximum atomic E-state index is 12.7. The molecule has 2 aromatic rings. The van der Waals surface area contributed by atoms with Gasteiger partial charge in [-0.15, -0.1) is 0 Å². The average molecular weight is 420 g/mol. The Morgan fingerprint density at radius 1 is 1.21 bits per heavy atom. The quantitative estimate of drug-likeness (QED) is 0.733. The lowest BCUT2D eigenvalue weighted by atomic mass is 9.94. The van der Waals surface area contributed by atoms with E-state index in [4.69, 9.17) is 14.0 Å². The Labute approximate surface area is 170 Å². The molecular formula is C20H24N2O6S. The first-order valence-electron chi connectivity index (χ1n) is 9.23. The largest absolute Gasteiger partial charge is 0.496 e. The number of hydrogen-bond acceptors (Lipinski definition) is 6. The fourth-order valence-electron chi connectivity index (χ4n) is 3.77. The monoisotopic (exact) mass is 420 g/mol. The summed E-state index contributed by atoms with van der Waals surface area (Å²) in [6.07, 6.45) is 9.27. The van der Waals surface area contributed by atoms with Crippen molar-refractivity contribution in [1.29, 1.82) is 0 Å². The molecule has 1 fully saturated rings. The van der Waals surface area contributed by atoms with Crippen LogP contribution in [0.3, 0.4) is 0 Å². The molecule has 0 bridgehead atoms. The second-order valence-corrected chi connectivity index (χ2v) is 8.68. The van der Waals surface area contributed by atoms with E-state index in [0.717, 1.165) is 30.6 Å². The molecule has 0 saturated heterocycles. The van der Waals surface area contributed by atoms with E-state index in [0.29, 0.717) is 23.3 Å². The van der Waals surface area contributed by atoms with Crippen molar-refractivity contribution in [3.05, 3.63) is 47.8 Å². The van der Waals surface area contributed by atoms with Crippen molar-refractivity contribution in [3.63, 3.8) is 0 Å². The zero-order chi connectivity index (χ0) is 21.1. The third-order valence-electron chi connectivity index (χ3n) is 4.95. The van der Waals surface area contributed by atoms with E-state index in [-0.39, 0.29) is 11.5 Å². The van der Waals surface area contributed by atoms with Gasteiger partial charge in [-0.3, -0.25) is 14.3 Å². The molecule has 2 heterocycles. The Hall–Kier alpha value is -2.65. The predicted octanol–water partition coefficient (Wildman–Crippen LogP) is 3.09. The number of methoxy groups -OCH3 is 1. The number of ether oxygens (including phenoxy) is 2. The highest BCUT2D eigenvalue weighted by molar-refractivity contribution is 7.85. The molecule has 2 aliphatic rings. The molecule has 4 rings (SSSR count). The van der Waals surface area contributed by atoms with Crippen molar-refractivity contribution in [3.8, 4) is 11.5 Å². The molecule has 8 nitrogen and oxygen atoms in total. The number of nitrogens with zero attached hydrogens (tertiary/aromatic N) is 1. The molecule has 156 valence electrons. The van der Waals surface area contributed by atoms with Crippen molar-refractivity contribution in [1.82, 2.24) is 4.98 Å². The summed E-state index contributed by atoms with van der Waals surface area (Å²) in [5, 5.41) is 2.90. The SMILES string of the molecule is COc1ccc(C(=O)Nc2ccncc2)c2c1CC1(CCCC1)O2.CS(=O)(=O)O. The molecule has 1 saturated carbocycles. The number of carbonyl (C=O) groups is 1. The summed E-state index contributed by atoms with van der Waals surface area (Å²) in [5.74, 6) is 1.31. The van der Waals surface area contributed by atoms with Crippen LogP contribution >= 0.6 is 0 Å². The van der Waals surface area contributed by atoms with Crippen molar-refractivity contribution in [2.45, 2.75) is 37.7 Å². The Morgan fingerprint density at radius 3 is 2.41 bits per heavy atom. The van der Waals surface area contributed by atoms with Crippen LogP contribution < -0.4 is 14.8 Å². The Balaban J connectivity index is 0.000000431. The summed E-state index contributed by atoms with van der Waals surface area (Å²) < 4.78 is 37.7. The van der Waals surface area contributed by atoms with Crippen LogP contribution in [-0.4, -0.2) is 42.8 Å². The number of fused-ring (bicyclic) bond motifs is 1. The normalized spacial score (nSPS) is 16.4. The lowest BCUT2D eigenvalue weighted by Crippen LogP contribution is -2.30. The molecule has 29 heavy (non-hydrogen) atoms. The molecule has 1 aliphatic heterocycles. The van der Waals surface area contributed by atoms with E-state index in [2.05, 4.69) is 10.3 Å². The number of pyridine rings is 1. The second-order valence-electron chi connectivity index (χ2n) is 7.22. The van der Waals surface area contributed by atoms with E-state index in [9.17, 15) is 13.2 Å². The van der Waals surface area contributed by atoms with Crippen molar-refractivity contribution in [2.75, 3.05) is 18.7 Å². The van der Waals surface area contributed by atoms with Crippen molar-refractivity contribution in [2.24, 2.45) is 0 Å². The van der Waals surface area contributed by atoms with Gasteiger partial charge in [0.2, 0.25) is 0 Å². The van der Waals surface area contributed by atoms with Gasteiger partial charge >= 0.3 is 0 Å². The number of amides is 1. The van der Waals surface area contributed by atoms with Gasteiger partial charge in [0.25, 0.3) is 16.0 Å². The van der Waals surface area contributed by atoms with E-state index < -0.39 is 10.1 Å². The molecule has 1 aromatic carbocycles. The van der Waals surface area contributed by atoms with Gasteiger partial charge in [0, 0.05) is 30.1 Å². The molecule has 1 aromatic heterocycles. The number of nitrogens with one attached hydrogen (secondary N) is 1.